The van der Waals surface area contributed by atoms with E-state index in [1.54, 1.807) is 12.1 Å². The van der Waals surface area contributed by atoms with Crippen LogP contribution in [-0.4, -0.2) is 23.5 Å². The number of carbonyl (C=O) groups is 2. The van der Waals surface area contributed by atoms with Gasteiger partial charge in [-0.1, -0.05) is 17.7 Å². The van der Waals surface area contributed by atoms with Crippen molar-refractivity contribution in [2.45, 2.75) is 6.54 Å². The highest BCUT2D eigenvalue weighted by Gasteiger charge is 2.05. The van der Waals surface area contributed by atoms with E-state index < -0.39 is 11.9 Å². The maximum Gasteiger partial charge on any atom is 0.317 e. The van der Waals surface area contributed by atoms with Crippen LogP contribution < -0.4 is 11.1 Å². The van der Waals surface area contributed by atoms with Gasteiger partial charge < -0.3 is 16.2 Å². The number of rotatable bonds is 5. The lowest BCUT2D eigenvalue weighted by Gasteiger charge is -2.05. The fraction of sp³-hybridized carbons (Fsp3) is 0.200. The van der Waals surface area contributed by atoms with E-state index >= 15 is 0 Å². The summed E-state index contributed by atoms with van der Waals surface area (Å²) in [5.41, 5.74) is 6.12. The van der Waals surface area contributed by atoms with E-state index in [-0.39, 0.29) is 6.54 Å². The molecule has 1 rings (SSSR count). The van der Waals surface area contributed by atoms with E-state index in [1.807, 2.05) is 0 Å². The van der Waals surface area contributed by atoms with Crippen LogP contribution >= 0.6 is 11.6 Å². The third-order valence-corrected chi connectivity index (χ3v) is 2.28. The Labute approximate surface area is 97.2 Å². The van der Waals surface area contributed by atoms with Crippen molar-refractivity contribution in [3.8, 4) is 0 Å². The molecule has 4 N–H and O–H groups in total. The number of amides is 1. The molecular weight excluding hydrogens is 232 g/mol. The quantitative estimate of drug-likeness (QED) is 0.706. The third kappa shape index (κ3) is 3.52. The van der Waals surface area contributed by atoms with Crippen LogP contribution in [0.25, 0.3) is 0 Å². The number of nitrogens with one attached hydrogen (secondary N) is 1. The summed E-state index contributed by atoms with van der Waals surface area (Å²) in [5, 5.41) is 11.5. The van der Waals surface area contributed by atoms with Crippen molar-refractivity contribution in [3.05, 3.63) is 34.3 Å². The molecule has 0 aliphatic rings. The van der Waals surface area contributed by atoms with Crippen LogP contribution in [0.3, 0.4) is 0 Å². The summed E-state index contributed by atoms with van der Waals surface area (Å²) in [6.45, 7) is 0.179. The van der Waals surface area contributed by atoms with Gasteiger partial charge in [-0.15, -0.1) is 0 Å². The molecule has 0 unspecified atom stereocenters. The minimum atomic E-state index is -0.940. The monoisotopic (exact) mass is 242 g/mol. The second kappa shape index (κ2) is 5.48. The summed E-state index contributed by atoms with van der Waals surface area (Å²) in [7, 11) is 0. The molecule has 0 aliphatic heterocycles. The Morgan fingerprint density at radius 3 is 2.62 bits per heavy atom. The largest absolute Gasteiger partial charge is 0.480 e. The number of carboxylic acid groups (broad SMARTS) is 1. The van der Waals surface area contributed by atoms with Crippen LogP contribution in [0.5, 0.6) is 0 Å². The lowest BCUT2D eigenvalue weighted by atomic mass is 10.1. The first-order chi connectivity index (χ1) is 7.50. The SMILES string of the molecule is NC(=O)c1ccc(CNCC(=O)O)c(Cl)c1. The molecule has 1 aromatic rings. The lowest BCUT2D eigenvalue weighted by Crippen LogP contribution is -2.22. The third-order valence-electron chi connectivity index (χ3n) is 1.93. The molecule has 0 saturated carbocycles. The highest BCUT2D eigenvalue weighted by Crippen LogP contribution is 2.17. The number of halogens is 1. The first-order valence-electron chi connectivity index (χ1n) is 4.51. The molecule has 0 atom stereocenters. The average Bonchev–Trinajstić information content (AvgIpc) is 2.19. The molecule has 0 fully saturated rings. The van der Waals surface area contributed by atoms with Crippen LogP contribution in [-0.2, 0) is 11.3 Å². The predicted octanol–water partition coefficient (Wildman–Crippen LogP) is 0.613. The fourth-order valence-corrected chi connectivity index (χ4v) is 1.40. The summed E-state index contributed by atoms with van der Waals surface area (Å²) in [4.78, 5) is 21.1. The van der Waals surface area contributed by atoms with Gasteiger partial charge in [0.25, 0.3) is 0 Å². The molecule has 86 valence electrons. The van der Waals surface area contributed by atoms with Gasteiger partial charge in [-0.25, -0.2) is 0 Å². The summed E-state index contributed by atoms with van der Waals surface area (Å²) in [5.74, 6) is -1.49. The van der Waals surface area contributed by atoms with Crippen LogP contribution in [0.4, 0.5) is 0 Å². The Morgan fingerprint density at radius 1 is 1.44 bits per heavy atom. The van der Waals surface area contributed by atoms with Crippen LogP contribution in [0.1, 0.15) is 15.9 Å². The lowest BCUT2D eigenvalue weighted by molar-refractivity contribution is -0.135. The van der Waals surface area contributed by atoms with E-state index in [0.717, 1.165) is 0 Å². The van der Waals surface area contributed by atoms with E-state index in [2.05, 4.69) is 5.32 Å². The Morgan fingerprint density at radius 2 is 2.12 bits per heavy atom. The smallest absolute Gasteiger partial charge is 0.317 e. The first-order valence-corrected chi connectivity index (χ1v) is 4.89. The second-order valence-corrected chi connectivity index (χ2v) is 3.57. The van der Waals surface area contributed by atoms with Gasteiger partial charge in [0.1, 0.15) is 0 Å². The van der Waals surface area contributed by atoms with Crippen molar-refractivity contribution in [2.75, 3.05) is 6.54 Å². The van der Waals surface area contributed by atoms with Gasteiger partial charge in [-0.2, -0.15) is 0 Å². The standard InChI is InChI=1S/C10H11ClN2O3/c11-8-3-6(10(12)16)1-2-7(8)4-13-5-9(14)15/h1-3,13H,4-5H2,(H2,12,16)(H,14,15). The average molecular weight is 243 g/mol. The van der Waals surface area contributed by atoms with Gasteiger partial charge in [-0.3, -0.25) is 9.59 Å². The number of hydrogen-bond acceptors (Lipinski definition) is 3. The van der Waals surface area contributed by atoms with Crippen LogP contribution in [0, 0.1) is 0 Å². The number of benzene rings is 1. The van der Waals surface area contributed by atoms with E-state index in [0.29, 0.717) is 22.7 Å². The number of carbonyl (C=O) groups excluding carboxylic acids is 1. The highest BCUT2D eigenvalue weighted by atomic mass is 35.5. The highest BCUT2D eigenvalue weighted by molar-refractivity contribution is 6.31. The second-order valence-electron chi connectivity index (χ2n) is 3.17. The van der Waals surface area contributed by atoms with Crippen molar-refractivity contribution in [2.24, 2.45) is 5.73 Å². The molecule has 5 nitrogen and oxygen atoms in total. The van der Waals surface area contributed by atoms with Gasteiger partial charge in [0.2, 0.25) is 5.91 Å². The predicted molar refractivity (Wildman–Crippen MR) is 59.3 cm³/mol. The zero-order chi connectivity index (χ0) is 12.1. The van der Waals surface area contributed by atoms with Crippen molar-refractivity contribution in [1.82, 2.24) is 5.32 Å². The molecule has 1 amide bonds. The topological polar surface area (TPSA) is 92.4 Å². The molecule has 0 heterocycles. The molecule has 0 aliphatic carbocycles. The molecule has 0 radical (unpaired) electrons. The van der Waals surface area contributed by atoms with Gasteiger partial charge >= 0.3 is 5.97 Å². The molecule has 1 aromatic carbocycles. The minimum absolute atomic E-state index is 0.145. The number of primary amides is 1. The minimum Gasteiger partial charge on any atom is -0.480 e. The zero-order valence-electron chi connectivity index (χ0n) is 8.37. The Hall–Kier alpha value is -1.59. The Bertz CT molecular complexity index is 421. The number of carboxylic acids is 1. The molecule has 0 aromatic heterocycles. The van der Waals surface area contributed by atoms with Gasteiger partial charge in [-0.05, 0) is 17.7 Å². The van der Waals surface area contributed by atoms with Crippen LogP contribution in [0.15, 0.2) is 18.2 Å². The Kier molecular flexibility index (Phi) is 4.28. The maximum atomic E-state index is 10.8. The Balaban J connectivity index is 2.68. The van der Waals surface area contributed by atoms with Crippen molar-refractivity contribution in [3.63, 3.8) is 0 Å². The number of hydrogen-bond donors (Lipinski definition) is 3. The zero-order valence-corrected chi connectivity index (χ0v) is 9.12. The van der Waals surface area contributed by atoms with E-state index in [9.17, 15) is 9.59 Å². The van der Waals surface area contributed by atoms with Crippen molar-refractivity contribution < 1.29 is 14.7 Å². The summed E-state index contributed by atoms with van der Waals surface area (Å²) in [6.07, 6.45) is 0. The molecule has 0 bridgehead atoms. The fourth-order valence-electron chi connectivity index (χ4n) is 1.15. The molecular formula is C10H11ClN2O3. The molecule has 6 heteroatoms. The normalized spacial score (nSPS) is 10.1. The van der Waals surface area contributed by atoms with Gasteiger partial charge in [0.15, 0.2) is 0 Å². The van der Waals surface area contributed by atoms with E-state index in [1.165, 1.54) is 6.07 Å². The number of nitrogens with two attached hydrogens (primary N) is 1. The van der Waals surface area contributed by atoms with Gasteiger partial charge in [0, 0.05) is 17.1 Å². The van der Waals surface area contributed by atoms with Crippen LogP contribution in [0.2, 0.25) is 5.02 Å². The molecule has 0 saturated heterocycles. The van der Waals surface area contributed by atoms with Crippen molar-refractivity contribution >= 4 is 23.5 Å². The molecule has 0 spiro atoms. The summed E-state index contributed by atoms with van der Waals surface area (Å²) >= 11 is 5.89. The molecule has 16 heavy (non-hydrogen) atoms. The maximum absolute atomic E-state index is 10.8. The summed E-state index contributed by atoms with van der Waals surface area (Å²) in [6, 6.07) is 4.64. The van der Waals surface area contributed by atoms with Gasteiger partial charge in [0.05, 0.1) is 6.54 Å². The van der Waals surface area contributed by atoms with E-state index in [4.69, 9.17) is 22.4 Å². The summed E-state index contributed by atoms with van der Waals surface area (Å²) < 4.78 is 0. The number of aliphatic carboxylic acids is 1. The van der Waals surface area contributed by atoms with Crippen molar-refractivity contribution in [1.29, 1.82) is 0 Å². The first kappa shape index (κ1) is 12.5.